The Morgan fingerprint density at radius 2 is 0.411 bits per heavy atom. The lowest BCUT2D eigenvalue weighted by Crippen LogP contribution is -2.00. The number of nitriles is 2. The van der Waals surface area contributed by atoms with E-state index in [2.05, 4.69) is 255 Å². The van der Waals surface area contributed by atoms with Gasteiger partial charge in [0.05, 0.1) is 23.3 Å². The predicted octanol–water partition coefficient (Wildman–Crippen LogP) is 26.4. The average molecular weight is 1430 g/mol. The Balaban J connectivity index is 0.000000151. The first-order chi connectivity index (χ1) is 55.4. The van der Waals surface area contributed by atoms with Crippen molar-refractivity contribution in [2.45, 2.75) is 0 Å². The summed E-state index contributed by atoms with van der Waals surface area (Å²) in [5.74, 6) is 3.79. The Labute approximate surface area is 647 Å². The smallest absolute Gasteiger partial charge is 0.164 e. The minimum Gasteiger partial charge on any atom is -0.208 e. The molecule has 0 radical (unpaired) electrons. The summed E-state index contributed by atoms with van der Waals surface area (Å²) < 4.78 is 0. The highest BCUT2D eigenvalue weighted by Gasteiger charge is 2.20. The summed E-state index contributed by atoms with van der Waals surface area (Å²) in [5.41, 5.74) is 19.7. The zero-order valence-electron chi connectivity index (χ0n) is 60.5. The molecule has 0 N–H and O–H groups in total. The number of hydrogen-bond donors (Lipinski definition) is 0. The van der Waals surface area contributed by atoms with E-state index in [0.717, 1.165) is 122 Å². The minimum absolute atomic E-state index is 0.622. The van der Waals surface area contributed by atoms with Crippen LogP contribution in [0.25, 0.3) is 200 Å². The van der Waals surface area contributed by atoms with Crippen LogP contribution in [0.15, 0.2) is 388 Å². The third-order valence-corrected chi connectivity index (χ3v) is 21.1. The largest absolute Gasteiger partial charge is 0.208 e. The van der Waals surface area contributed by atoms with Gasteiger partial charge in [-0.15, -0.1) is 0 Å². The van der Waals surface area contributed by atoms with Crippen molar-refractivity contribution in [3.63, 3.8) is 0 Å². The molecule has 0 fully saturated rings. The fourth-order valence-corrected chi connectivity index (χ4v) is 15.6. The summed E-state index contributed by atoms with van der Waals surface area (Å²) in [4.78, 5) is 29.4. The second-order valence-corrected chi connectivity index (χ2v) is 27.9. The second kappa shape index (κ2) is 29.3. The molecule has 0 spiro atoms. The molecule has 20 aromatic rings. The number of benzene rings is 18. The molecule has 8 nitrogen and oxygen atoms in total. The standard InChI is InChI=1S/2C52H32N4/c53-33-34-29-40(31-41(30-34)49-32-39-17-7-8-18-42(39)45-19-11-12-22-48(45)49)44-28-27-43(46-20-9-10-21-47(44)46)35-23-25-38(26-24-35)52-55-50(36-13-3-1-4-14-36)54-51(56-52)37-15-5-2-6-16-37;53-33-34-29-42(41-26-23-37-20-19-35-11-7-8-16-44(35)49(37)32-41)31-43(30-34)46-28-27-45(47-17-9-10-18-48(46)47)36-21-24-40(25-22-36)52-55-50(38-12-3-1-4-13-38)54-51(56-52)39-14-5-2-6-15-39/h2*1-32H. The number of fused-ring (bicyclic) bond motifs is 8. The van der Waals surface area contributed by atoms with E-state index in [1.54, 1.807) is 0 Å². The SMILES string of the molecule is N#Cc1cc(-c2ccc(-c3ccc(-c4nc(-c5ccccc5)nc(-c5ccccc5)n4)cc3)c3ccccc23)cc(-c2cc3ccccc3c3ccccc23)c1.N#Cc1cc(-c2ccc3ccc4ccccc4c3c2)cc(-c2ccc(-c3ccc(-c4nc(-c5ccccc5)nc(-c5ccccc5)n4)cc3)c3ccccc23)c1. The Bertz CT molecular complexity index is 6990. The monoisotopic (exact) mass is 1420 g/mol. The van der Waals surface area contributed by atoms with Gasteiger partial charge >= 0.3 is 0 Å². The molecule has 0 saturated carbocycles. The van der Waals surface area contributed by atoms with Crippen LogP contribution in [0.4, 0.5) is 0 Å². The van der Waals surface area contributed by atoms with Gasteiger partial charge in [0.15, 0.2) is 34.9 Å². The zero-order chi connectivity index (χ0) is 74.9. The minimum atomic E-state index is 0.622. The molecule has 0 atom stereocenters. The quantitative estimate of drug-likeness (QED) is 0.111. The van der Waals surface area contributed by atoms with Crippen LogP contribution in [0, 0.1) is 22.7 Å². The maximum atomic E-state index is 10.3. The Hall–Kier alpha value is -15.5. The summed E-state index contributed by atoms with van der Waals surface area (Å²) in [6.45, 7) is 0. The van der Waals surface area contributed by atoms with E-state index in [4.69, 9.17) is 29.9 Å². The summed E-state index contributed by atoms with van der Waals surface area (Å²) >= 11 is 0. The molecule has 20 rings (SSSR count). The molecular weight excluding hydrogens is 1360 g/mol. The van der Waals surface area contributed by atoms with Gasteiger partial charge in [-0.25, -0.2) is 29.9 Å². The molecule has 0 bridgehead atoms. The molecule has 18 aromatic carbocycles. The van der Waals surface area contributed by atoms with E-state index in [0.29, 0.717) is 46.1 Å². The van der Waals surface area contributed by atoms with Gasteiger partial charge in [-0.1, -0.05) is 340 Å². The maximum absolute atomic E-state index is 10.3. The molecular formula is C104H64N8. The van der Waals surface area contributed by atoms with Crippen molar-refractivity contribution in [1.82, 2.24) is 29.9 Å². The molecule has 0 saturated heterocycles. The van der Waals surface area contributed by atoms with Crippen LogP contribution in [0.3, 0.4) is 0 Å². The van der Waals surface area contributed by atoms with Crippen molar-refractivity contribution in [2.75, 3.05) is 0 Å². The zero-order valence-corrected chi connectivity index (χ0v) is 60.5. The van der Waals surface area contributed by atoms with Gasteiger partial charge in [0.25, 0.3) is 0 Å². The first kappa shape index (κ1) is 67.1. The van der Waals surface area contributed by atoms with Crippen LogP contribution in [-0.2, 0) is 0 Å². The van der Waals surface area contributed by atoms with Gasteiger partial charge in [0.1, 0.15) is 0 Å². The van der Waals surface area contributed by atoms with Crippen LogP contribution in [-0.4, -0.2) is 29.9 Å². The Kier molecular flexibility index (Phi) is 17.6. The summed E-state index contributed by atoms with van der Waals surface area (Å²) in [6.07, 6.45) is 0. The van der Waals surface area contributed by atoms with E-state index >= 15 is 0 Å². The molecule has 0 aliphatic heterocycles. The molecule has 8 heteroatoms. The lowest BCUT2D eigenvalue weighted by atomic mass is 9.88. The highest BCUT2D eigenvalue weighted by atomic mass is 15.0. The van der Waals surface area contributed by atoms with Gasteiger partial charge < -0.3 is 0 Å². The molecule has 0 amide bonds. The van der Waals surface area contributed by atoms with Crippen LogP contribution >= 0.6 is 0 Å². The average Bonchev–Trinajstić information content (AvgIpc) is 0.759. The molecule has 0 unspecified atom stereocenters. The fraction of sp³-hybridized carbons (Fsp3) is 0. The van der Waals surface area contributed by atoms with Gasteiger partial charge in [-0.3, -0.25) is 0 Å². The summed E-state index contributed by atoms with van der Waals surface area (Å²) in [5, 5.41) is 34.6. The molecule has 0 aliphatic rings. The number of hydrogen-bond acceptors (Lipinski definition) is 8. The molecule has 2 aromatic heterocycles. The Morgan fingerprint density at radius 3 is 0.804 bits per heavy atom. The van der Waals surface area contributed by atoms with Crippen LogP contribution < -0.4 is 0 Å². The Morgan fingerprint density at radius 1 is 0.152 bits per heavy atom. The van der Waals surface area contributed by atoms with Gasteiger partial charge in [-0.05, 0) is 180 Å². The summed E-state index contributed by atoms with van der Waals surface area (Å²) in [6, 6.07) is 139. The van der Waals surface area contributed by atoms with Crippen LogP contribution in [0.5, 0.6) is 0 Å². The van der Waals surface area contributed by atoms with E-state index in [1.165, 1.54) is 43.1 Å². The molecule has 520 valence electrons. The van der Waals surface area contributed by atoms with Crippen molar-refractivity contribution >= 4 is 64.6 Å². The third-order valence-electron chi connectivity index (χ3n) is 21.1. The molecule has 112 heavy (non-hydrogen) atoms. The van der Waals surface area contributed by atoms with E-state index in [1.807, 2.05) is 146 Å². The predicted molar refractivity (Wildman–Crippen MR) is 459 cm³/mol. The lowest BCUT2D eigenvalue weighted by Gasteiger charge is -2.15. The highest BCUT2D eigenvalue weighted by Crippen LogP contribution is 2.44. The maximum Gasteiger partial charge on any atom is 0.164 e. The van der Waals surface area contributed by atoms with Crippen molar-refractivity contribution in [3.05, 3.63) is 399 Å². The number of aromatic nitrogens is 6. The van der Waals surface area contributed by atoms with Crippen LogP contribution in [0.1, 0.15) is 11.1 Å². The van der Waals surface area contributed by atoms with Crippen molar-refractivity contribution in [1.29, 1.82) is 10.5 Å². The third kappa shape index (κ3) is 13.1. The molecule has 2 heterocycles. The lowest BCUT2D eigenvalue weighted by molar-refractivity contribution is 1.07. The van der Waals surface area contributed by atoms with Gasteiger partial charge in [0, 0.05) is 33.4 Å². The van der Waals surface area contributed by atoms with E-state index < -0.39 is 0 Å². The normalized spacial score (nSPS) is 11.2. The highest BCUT2D eigenvalue weighted by molar-refractivity contribution is 6.15. The van der Waals surface area contributed by atoms with Crippen molar-refractivity contribution in [3.8, 4) is 147 Å². The van der Waals surface area contributed by atoms with E-state index in [9.17, 15) is 10.5 Å². The molecule has 0 aliphatic carbocycles. The van der Waals surface area contributed by atoms with Crippen LogP contribution in [0.2, 0.25) is 0 Å². The first-order valence-electron chi connectivity index (χ1n) is 37.3. The number of nitrogens with zero attached hydrogens (tertiary/aromatic N) is 8. The van der Waals surface area contributed by atoms with Crippen molar-refractivity contribution in [2.24, 2.45) is 0 Å². The second-order valence-electron chi connectivity index (χ2n) is 27.9. The first-order valence-corrected chi connectivity index (χ1v) is 37.3. The fourth-order valence-electron chi connectivity index (χ4n) is 15.6. The summed E-state index contributed by atoms with van der Waals surface area (Å²) in [7, 11) is 0. The van der Waals surface area contributed by atoms with Gasteiger partial charge in [0.2, 0.25) is 0 Å². The number of rotatable bonds is 12. The van der Waals surface area contributed by atoms with Crippen molar-refractivity contribution < 1.29 is 0 Å². The van der Waals surface area contributed by atoms with Gasteiger partial charge in [-0.2, -0.15) is 10.5 Å². The van der Waals surface area contributed by atoms with E-state index in [-0.39, 0.29) is 0 Å². The topological polar surface area (TPSA) is 125 Å².